The van der Waals surface area contributed by atoms with Crippen molar-refractivity contribution in [3.05, 3.63) is 65.2 Å². The van der Waals surface area contributed by atoms with Crippen LogP contribution in [0.5, 0.6) is 5.75 Å². The molecule has 1 heterocycles. The molecule has 1 amide bonds. The van der Waals surface area contributed by atoms with E-state index in [-0.39, 0.29) is 30.7 Å². The first-order valence-electron chi connectivity index (χ1n) is 9.59. The van der Waals surface area contributed by atoms with Gasteiger partial charge in [-0.1, -0.05) is 30.3 Å². The van der Waals surface area contributed by atoms with Crippen LogP contribution in [0.1, 0.15) is 37.3 Å². The molecule has 0 fully saturated rings. The quantitative estimate of drug-likeness (QED) is 0.662. The zero-order valence-corrected chi connectivity index (χ0v) is 16.5. The summed E-state index contributed by atoms with van der Waals surface area (Å²) in [6.45, 7) is 2.22. The van der Waals surface area contributed by atoms with Crippen molar-refractivity contribution < 1.29 is 23.1 Å². The Kier molecular flexibility index (Phi) is 6.80. The molecule has 7 heteroatoms. The molecule has 0 radical (unpaired) electrons. The van der Waals surface area contributed by atoms with Crippen LogP contribution in [0.3, 0.4) is 0 Å². The van der Waals surface area contributed by atoms with Gasteiger partial charge in [-0.05, 0) is 24.6 Å². The highest BCUT2D eigenvalue weighted by atomic mass is 19.1. The van der Waals surface area contributed by atoms with Gasteiger partial charge < -0.3 is 14.5 Å². The van der Waals surface area contributed by atoms with E-state index in [2.05, 4.69) is 5.16 Å². The van der Waals surface area contributed by atoms with Gasteiger partial charge in [0.05, 0.1) is 19.4 Å². The smallest absolute Gasteiger partial charge is 0.222 e. The monoisotopic (exact) mass is 402 g/mol. The van der Waals surface area contributed by atoms with Crippen molar-refractivity contribution in [1.82, 2.24) is 4.90 Å². The third-order valence-corrected chi connectivity index (χ3v) is 4.77. The highest BCUT2D eigenvalue weighted by Gasteiger charge is 2.28. The Bertz CT molecular complexity index is 901. The number of amides is 1. The van der Waals surface area contributed by atoms with Crippen molar-refractivity contribution in [2.45, 2.75) is 38.8 Å². The summed E-state index contributed by atoms with van der Waals surface area (Å²) in [6.07, 6.45) is 1.17. The lowest BCUT2D eigenvalue weighted by molar-refractivity contribution is -0.133. The molecule has 0 aromatic heterocycles. The van der Waals surface area contributed by atoms with Crippen molar-refractivity contribution >= 4 is 11.6 Å². The topological polar surface area (TPSA) is 51.1 Å². The molecule has 0 unspecified atom stereocenters. The summed E-state index contributed by atoms with van der Waals surface area (Å²) in [5, 5.41) is 4.17. The summed E-state index contributed by atoms with van der Waals surface area (Å²) in [7, 11) is 1.59. The number of ether oxygens (including phenoxy) is 1. The predicted octanol–water partition coefficient (Wildman–Crippen LogP) is 4.30. The van der Waals surface area contributed by atoms with E-state index in [0.717, 1.165) is 17.3 Å². The molecule has 0 saturated heterocycles. The standard InChI is InChI=1S/C22H24F2N2O3/c1-3-6-22(27)26(13-15-9-10-16(23)11-19(15)24)14-17-12-20(25-29-17)18-7-4-5-8-21(18)28-2/h4-5,7-11,17H,3,6,12-14H2,1-2H3/t17-/m0/s1. The number of hydrogen-bond donors (Lipinski definition) is 0. The van der Waals surface area contributed by atoms with Gasteiger partial charge in [0.25, 0.3) is 0 Å². The number of nitrogens with zero attached hydrogens (tertiary/aromatic N) is 2. The zero-order valence-electron chi connectivity index (χ0n) is 16.5. The number of methoxy groups -OCH3 is 1. The fraction of sp³-hybridized carbons (Fsp3) is 0.364. The molecule has 0 spiro atoms. The van der Waals surface area contributed by atoms with Gasteiger partial charge in [-0.25, -0.2) is 8.78 Å². The maximum Gasteiger partial charge on any atom is 0.222 e. The SMILES string of the molecule is CCCC(=O)N(Cc1ccc(F)cc1F)C[C@@H]1CC(c2ccccc2OC)=NO1. The third-order valence-electron chi connectivity index (χ3n) is 4.77. The molecule has 2 aromatic carbocycles. The number of benzene rings is 2. The maximum atomic E-state index is 14.1. The van der Waals surface area contributed by atoms with Crippen molar-refractivity contribution in [2.24, 2.45) is 5.16 Å². The van der Waals surface area contributed by atoms with Gasteiger partial charge >= 0.3 is 0 Å². The number of halogens is 2. The molecular weight excluding hydrogens is 378 g/mol. The molecule has 29 heavy (non-hydrogen) atoms. The second-order valence-electron chi connectivity index (χ2n) is 6.93. The Morgan fingerprint density at radius 2 is 2.07 bits per heavy atom. The van der Waals surface area contributed by atoms with Crippen molar-refractivity contribution in [1.29, 1.82) is 0 Å². The Hall–Kier alpha value is -2.96. The van der Waals surface area contributed by atoms with E-state index in [4.69, 9.17) is 9.57 Å². The van der Waals surface area contributed by atoms with Crippen LogP contribution in [-0.2, 0) is 16.2 Å². The Labute approximate surface area is 168 Å². The summed E-state index contributed by atoms with van der Waals surface area (Å²) in [4.78, 5) is 19.7. The Morgan fingerprint density at radius 1 is 1.28 bits per heavy atom. The molecule has 154 valence electrons. The van der Waals surface area contributed by atoms with E-state index in [0.29, 0.717) is 25.0 Å². The van der Waals surface area contributed by atoms with Crippen molar-refractivity contribution in [2.75, 3.05) is 13.7 Å². The number of carbonyl (C=O) groups is 1. The minimum Gasteiger partial charge on any atom is -0.496 e. The molecule has 2 aromatic rings. The van der Waals surface area contributed by atoms with E-state index in [1.807, 2.05) is 31.2 Å². The van der Waals surface area contributed by atoms with Crippen LogP contribution in [0.4, 0.5) is 8.78 Å². The van der Waals surface area contributed by atoms with Crippen LogP contribution >= 0.6 is 0 Å². The molecule has 0 aliphatic carbocycles. The number of oxime groups is 1. The number of carbonyl (C=O) groups excluding carboxylic acids is 1. The van der Waals surface area contributed by atoms with E-state index >= 15 is 0 Å². The van der Waals surface area contributed by atoms with Crippen LogP contribution in [0.15, 0.2) is 47.6 Å². The van der Waals surface area contributed by atoms with E-state index in [9.17, 15) is 13.6 Å². The molecule has 1 aliphatic rings. The second-order valence-corrected chi connectivity index (χ2v) is 6.93. The number of hydrogen-bond acceptors (Lipinski definition) is 4. The zero-order chi connectivity index (χ0) is 20.8. The summed E-state index contributed by atoms with van der Waals surface area (Å²) in [5.74, 6) is -0.724. The Balaban J connectivity index is 1.71. The predicted molar refractivity (Wildman–Crippen MR) is 106 cm³/mol. The van der Waals surface area contributed by atoms with Crippen LogP contribution in [0.2, 0.25) is 0 Å². The summed E-state index contributed by atoms with van der Waals surface area (Å²) in [6, 6.07) is 10.9. The Morgan fingerprint density at radius 3 is 2.79 bits per heavy atom. The first-order chi connectivity index (χ1) is 14.0. The van der Waals surface area contributed by atoms with Gasteiger partial charge in [-0.15, -0.1) is 0 Å². The molecule has 3 rings (SSSR count). The largest absolute Gasteiger partial charge is 0.496 e. The molecular formula is C22H24F2N2O3. The van der Waals surface area contributed by atoms with Crippen molar-refractivity contribution in [3.8, 4) is 5.75 Å². The number of para-hydroxylation sites is 1. The van der Waals surface area contributed by atoms with Gasteiger partial charge in [-0.2, -0.15) is 0 Å². The summed E-state index contributed by atoms with van der Waals surface area (Å²) in [5.41, 5.74) is 1.84. The average molecular weight is 402 g/mol. The lowest BCUT2D eigenvalue weighted by Crippen LogP contribution is -2.37. The van der Waals surface area contributed by atoms with E-state index in [1.54, 1.807) is 12.0 Å². The minimum atomic E-state index is -0.669. The van der Waals surface area contributed by atoms with Crippen LogP contribution < -0.4 is 4.74 Å². The highest BCUT2D eigenvalue weighted by molar-refractivity contribution is 6.03. The summed E-state index contributed by atoms with van der Waals surface area (Å²) >= 11 is 0. The first kappa shape index (κ1) is 20.8. The molecule has 0 N–H and O–H groups in total. The van der Waals surface area contributed by atoms with Crippen LogP contribution in [0.25, 0.3) is 0 Å². The van der Waals surface area contributed by atoms with Gasteiger partial charge in [0.2, 0.25) is 5.91 Å². The van der Waals surface area contributed by atoms with Crippen LogP contribution in [-0.4, -0.2) is 36.3 Å². The van der Waals surface area contributed by atoms with Gasteiger partial charge in [0.1, 0.15) is 17.4 Å². The van der Waals surface area contributed by atoms with Gasteiger partial charge in [0.15, 0.2) is 6.10 Å². The minimum absolute atomic E-state index is 0.0504. The van der Waals surface area contributed by atoms with E-state index in [1.165, 1.54) is 12.1 Å². The summed E-state index contributed by atoms with van der Waals surface area (Å²) < 4.78 is 32.7. The third kappa shape index (κ3) is 5.10. The van der Waals surface area contributed by atoms with E-state index < -0.39 is 11.6 Å². The lowest BCUT2D eigenvalue weighted by Gasteiger charge is -2.25. The van der Waals surface area contributed by atoms with Crippen molar-refractivity contribution in [3.63, 3.8) is 0 Å². The molecule has 1 aliphatic heterocycles. The normalized spacial score (nSPS) is 15.6. The van der Waals surface area contributed by atoms with Gasteiger partial charge in [-0.3, -0.25) is 4.79 Å². The van der Waals surface area contributed by atoms with Gasteiger partial charge in [0, 0.05) is 36.6 Å². The molecule has 0 saturated carbocycles. The highest BCUT2D eigenvalue weighted by Crippen LogP contribution is 2.25. The van der Waals surface area contributed by atoms with Crippen LogP contribution in [0, 0.1) is 11.6 Å². The lowest BCUT2D eigenvalue weighted by atomic mass is 10.0. The second kappa shape index (κ2) is 9.49. The fourth-order valence-electron chi connectivity index (χ4n) is 3.30. The average Bonchev–Trinajstić information content (AvgIpc) is 3.18. The molecule has 1 atom stereocenters. The molecule has 5 nitrogen and oxygen atoms in total. The fourth-order valence-corrected chi connectivity index (χ4v) is 3.30. The first-order valence-corrected chi connectivity index (χ1v) is 9.59. The number of rotatable bonds is 8. The maximum absolute atomic E-state index is 14.1. The molecule has 0 bridgehead atoms.